The van der Waals surface area contributed by atoms with Gasteiger partial charge in [-0.15, -0.1) is 0 Å². The van der Waals surface area contributed by atoms with E-state index in [0.717, 1.165) is 45.1 Å². The molecule has 3 aliphatic rings. The van der Waals surface area contributed by atoms with Gasteiger partial charge < -0.3 is 29.6 Å². The Kier molecular flexibility index (Phi) is 16.8. The predicted octanol–water partition coefficient (Wildman–Crippen LogP) is 4.72. The molecule has 13 nitrogen and oxygen atoms in total. The normalized spacial score (nSPS) is 27.3. The Hall–Kier alpha value is -4.91. The van der Waals surface area contributed by atoms with Gasteiger partial charge in [0, 0.05) is 50.9 Å². The number of esters is 3. The zero-order chi connectivity index (χ0) is 39.1. The fraction of sp³-hybridized carbons (Fsp3) is 0.525. The molecule has 0 aromatic heterocycles. The number of carbonyl (C=O) groups excluding carboxylic acids is 7. The lowest BCUT2D eigenvalue weighted by Gasteiger charge is -2.32. The van der Waals surface area contributed by atoms with E-state index in [-0.39, 0.29) is 48.8 Å². The zero-order valence-electron chi connectivity index (χ0n) is 31.4. The van der Waals surface area contributed by atoms with Gasteiger partial charge in [0.05, 0.1) is 18.2 Å². The number of fused-ring (bicyclic) bond motifs is 2. The van der Waals surface area contributed by atoms with Gasteiger partial charge in [-0.05, 0) is 45.1 Å². The molecule has 2 aliphatic carbocycles. The van der Waals surface area contributed by atoms with Gasteiger partial charge in [0.2, 0.25) is 23.4 Å². The predicted molar refractivity (Wildman–Crippen MR) is 194 cm³/mol. The molecule has 1 aliphatic heterocycles. The minimum atomic E-state index is -0.958. The Labute approximate surface area is 311 Å². The zero-order valence-corrected chi connectivity index (χ0v) is 31.4. The van der Waals surface area contributed by atoms with E-state index in [1.165, 1.54) is 14.0 Å². The van der Waals surface area contributed by atoms with Crippen molar-refractivity contribution in [3.8, 4) is 0 Å². The standard InChI is InChI=1S/C40H52N2O11/c1-24-16-15-20-31-36(47)32(23-33(45)38(31)52-28(5)44)42-35(46)22-30(50-6)19-13-8-7-9-14-21-34(51-27(4)43)25(2)37(24)53-40(49)26(3)41-39(48)29-17-11-10-12-18-29/h7-9,13-14,16,19,23,25-26,29-30,34,37H,10-12,15,17-18,20-22H2,1-6H3,(H,41,48)(H,42,46)/b8-7+,14-9+,19-13+,24-16-. The van der Waals surface area contributed by atoms with Crippen molar-refractivity contribution in [1.29, 1.82) is 0 Å². The molecule has 1 fully saturated rings. The van der Waals surface area contributed by atoms with Crippen molar-refractivity contribution in [2.45, 2.75) is 117 Å². The topological polar surface area (TPSA) is 180 Å². The molecule has 0 saturated heterocycles. The average Bonchev–Trinajstić information content (AvgIpc) is 3.11. The first-order chi connectivity index (χ1) is 25.2. The molecule has 0 aromatic rings. The number of carbonyl (C=O) groups is 7. The highest BCUT2D eigenvalue weighted by Gasteiger charge is 2.35. The first-order valence-corrected chi connectivity index (χ1v) is 18.1. The number of amides is 2. The molecule has 0 radical (unpaired) electrons. The van der Waals surface area contributed by atoms with Gasteiger partial charge in [0.15, 0.2) is 5.76 Å². The maximum absolute atomic E-state index is 13.6. The molecule has 3 rings (SSSR count). The van der Waals surface area contributed by atoms with Crippen LogP contribution in [0, 0.1) is 11.8 Å². The Morgan fingerprint density at radius 1 is 0.943 bits per heavy atom. The monoisotopic (exact) mass is 736 g/mol. The average molecular weight is 737 g/mol. The SMILES string of the molecule is COC1/C=C/C=C/C=C/CC(OC(C)=O)C(C)C(OC(=O)C(C)NC(=O)C2CCCCC2)/C(C)=C\CCC2=C(OC(C)=O)C(=O)C=C(NC(=O)C1)C2=O. The van der Waals surface area contributed by atoms with E-state index in [0.29, 0.717) is 5.57 Å². The smallest absolute Gasteiger partial charge is 0.328 e. The Morgan fingerprint density at radius 3 is 2.30 bits per heavy atom. The molecule has 0 aromatic carbocycles. The van der Waals surface area contributed by atoms with Crippen LogP contribution < -0.4 is 10.6 Å². The van der Waals surface area contributed by atoms with Crippen LogP contribution in [0.2, 0.25) is 0 Å². The van der Waals surface area contributed by atoms with E-state index < -0.39 is 71.4 Å². The van der Waals surface area contributed by atoms with Crippen molar-refractivity contribution in [2.24, 2.45) is 11.8 Å². The molecule has 1 heterocycles. The molecule has 2 amide bonds. The second-order valence-electron chi connectivity index (χ2n) is 13.5. The summed E-state index contributed by atoms with van der Waals surface area (Å²) < 4.78 is 22.3. The van der Waals surface area contributed by atoms with Crippen LogP contribution in [0.15, 0.2) is 71.2 Å². The minimum Gasteiger partial charge on any atom is -0.462 e. The van der Waals surface area contributed by atoms with Crippen molar-refractivity contribution in [3.05, 3.63) is 71.2 Å². The molecule has 0 spiro atoms. The molecule has 2 bridgehead atoms. The molecule has 13 heteroatoms. The van der Waals surface area contributed by atoms with Crippen LogP contribution >= 0.6 is 0 Å². The largest absolute Gasteiger partial charge is 0.462 e. The number of methoxy groups -OCH3 is 1. The molecular formula is C40H52N2O11. The number of ketones is 2. The third-order valence-corrected chi connectivity index (χ3v) is 9.29. The molecule has 2 N–H and O–H groups in total. The van der Waals surface area contributed by atoms with Crippen LogP contribution in [0.25, 0.3) is 0 Å². The summed E-state index contributed by atoms with van der Waals surface area (Å²) in [5.74, 6) is -5.41. The molecule has 5 unspecified atom stereocenters. The number of rotatable bonds is 7. The van der Waals surface area contributed by atoms with Gasteiger partial charge >= 0.3 is 17.9 Å². The molecule has 5 atom stereocenters. The fourth-order valence-electron chi connectivity index (χ4n) is 6.41. The van der Waals surface area contributed by atoms with Gasteiger partial charge in [0.25, 0.3) is 0 Å². The number of allylic oxidation sites excluding steroid dienone is 7. The second kappa shape index (κ2) is 21.0. The van der Waals surface area contributed by atoms with Crippen LogP contribution in [0.4, 0.5) is 0 Å². The van der Waals surface area contributed by atoms with Crippen molar-refractivity contribution in [2.75, 3.05) is 7.11 Å². The summed E-state index contributed by atoms with van der Waals surface area (Å²) in [7, 11) is 1.43. The molecule has 1 saturated carbocycles. The summed E-state index contributed by atoms with van der Waals surface area (Å²) in [5.41, 5.74) is 0.165. The molecular weight excluding hydrogens is 684 g/mol. The maximum Gasteiger partial charge on any atom is 0.328 e. The quantitative estimate of drug-likeness (QED) is 0.160. The van der Waals surface area contributed by atoms with E-state index in [1.807, 2.05) is 6.08 Å². The lowest BCUT2D eigenvalue weighted by Crippen LogP contribution is -2.45. The lowest BCUT2D eigenvalue weighted by molar-refractivity contribution is -0.159. The van der Waals surface area contributed by atoms with E-state index in [2.05, 4.69) is 10.6 Å². The Morgan fingerprint density at radius 2 is 1.64 bits per heavy atom. The second-order valence-corrected chi connectivity index (χ2v) is 13.5. The van der Waals surface area contributed by atoms with Crippen molar-refractivity contribution in [1.82, 2.24) is 10.6 Å². The number of ether oxygens (including phenoxy) is 4. The van der Waals surface area contributed by atoms with E-state index in [4.69, 9.17) is 18.9 Å². The van der Waals surface area contributed by atoms with Crippen LogP contribution in [0.5, 0.6) is 0 Å². The highest BCUT2D eigenvalue weighted by atomic mass is 16.6. The highest BCUT2D eigenvalue weighted by molar-refractivity contribution is 6.23. The third kappa shape index (κ3) is 13.2. The fourth-order valence-corrected chi connectivity index (χ4v) is 6.41. The van der Waals surface area contributed by atoms with Gasteiger partial charge in [-0.1, -0.05) is 68.7 Å². The van der Waals surface area contributed by atoms with Gasteiger partial charge in [-0.3, -0.25) is 28.8 Å². The van der Waals surface area contributed by atoms with Gasteiger partial charge in [-0.25, -0.2) is 4.79 Å². The molecule has 53 heavy (non-hydrogen) atoms. The van der Waals surface area contributed by atoms with Crippen LogP contribution in [-0.4, -0.2) is 72.8 Å². The van der Waals surface area contributed by atoms with E-state index >= 15 is 0 Å². The Bertz CT molecular complexity index is 1590. The lowest BCUT2D eigenvalue weighted by atomic mass is 9.88. The summed E-state index contributed by atoms with van der Waals surface area (Å²) in [4.78, 5) is 90.2. The van der Waals surface area contributed by atoms with Gasteiger partial charge in [0.1, 0.15) is 18.2 Å². The van der Waals surface area contributed by atoms with Crippen molar-refractivity contribution >= 4 is 41.3 Å². The van der Waals surface area contributed by atoms with E-state index in [9.17, 15) is 33.6 Å². The summed E-state index contributed by atoms with van der Waals surface area (Å²) in [5, 5.41) is 5.29. The van der Waals surface area contributed by atoms with E-state index in [1.54, 1.807) is 57.2 Å². The highest BCUT2D eigenvalue weighted by Crippen LogP contribution is 2.29. The maximum atomic E-state index is 13.6. The first-order valence-electron chi connectivity index (χ1n) is 18.1. The van der Waals surface area contributed by atoms with Crippen LogP contribution in [-0.2, 0) is 52.5 Å². The number of Topliss-reactive ketones (excluding diaryl/α,β-unsaturated/α-hetero) is 1. The number of nitrogens with one attached hydrogen (secondary N) is 2. The summed E-state index contributed by atoms with van der Waals surface area (Å²) in [6, 6.07) is -0.958. The summed E-state index contributed by atoms with van der Waals surface area (Å²) in [6.07, 6.45) is 15.4. The number of hydrogen-bond acceptors (Lipinski definition) is 11. The van der Waals surface area contributed by atoms with Crippen molar-refractivity contribution in [3.63, 3.8) is 0 Å². The van der Waals surface area contributed by atoms with Crippen LogP contribution in [0.3, 0.4) is 0 Å². The molecule has 288 valence electrons. The third-order valence-electron chi connectivity index (χ3n) is 9.29. The minimum absolute atomic E-state index is 0.0775. The van der Waals surface area contributed by atoms with Crippen molar-refractivity contribution < 1.29 is 52.5 Å². The first kappa shape index (κ1) is 42.5. The van der Waals surface area contributed by atoms with Gasteiger partial charge in [-0.2, -0.15) is 0 Å². The number of hydrogen-bond donors (Lipinski definition) is 2. The Balaban J connectivity index is 2.00. The summed E-state index contributed by atoms with van der Waals surface area (Å²) in [6.45, 7) is 7.45. The summed E-state index contributed by atoms with van der Waals surface area (Å²) >= 11 is 0. The van der Waals surface area contributed by atoms with Crippen LogP contribution in [0.1, 0.15) is 92.4 Å².